The van der Waals surface area contributed by atoms with Crippen LogP contribution in [-0.4, -0.2) is 29.1 Å². The fourth-order valence-electron chi connectivity index (χ4n) is 2.32. The monoisotopic (exact) mass is 426 g/mol. The lowest BCUT2D eigenvalue weighted by molar-refractivity contribution is 0.0860. The van der Waals surface area contributed by atoms with Crippen LogP contribution < -0.4 is 0 Å². The molecule has 1 amide bonds. The molecule has 1 aliphatic heterocycles. The molecule has 0 unspecified atom stereocenters. The zero-order valence-electron chi connectivity index (χ0n) is 12.5. The Bertz CT molecular complexity index is 795. The van der Waals surface area contributed by atoms with E-state index in [-0.39, 0.29) is 11.7 Å². The second kappa shape index (κ2) is 7.68. The normalized spacial score (nSPS) is 14.0. The van der Waals surface area contributed by atoms with Gasteiger partial charge in [-0.15, -0.1) is 0 Å². The number of amidine groups is 1. The highest BCUT2D eigenvalue weighted by molar-refractivity contribution is 9.10. The van der Waals surface area contributed by atoms with Crippen molar-refractivity contribution in [3.63, 3.8) is 0 Å². The highest BCUT2D eigenvalue weighted by Crippen LogP contribution is 2.27. The van der Waals surface area contributed by atoms with Crippen LogP contribution in [0, 0.1) is 5.82 Å². The minimum Gasteiger partial charge on any atom is -0.286 e. The molecule has 124 valence electrons. The summed E-state index contributed by atoms with van der Waals surface area (Å²) in [6.45, 7) is 1.08. The van der Waals surface area contributed by atoms with E-state index in [1.54, 1.807) is 29.2 Å². The summed E-state index contributed by atoms with van der Waals surface area (Å²) < 4.78 is 14.7. The van der Waals surface area contributed by atoms with Gasteiger partial charge in [-0.05, 0) is 30.3 Å². The predicted molar refractivity (Wildman–Crippen MR) is 100 cm³/mol. The number of aliphatic imine (C=N–C) groups is 1. The van der Waals surface area contributed by atoms with Crippen molar-refractivity contribution >= 4 is 50.4 Å². The minimum absolute atomic E-state index is 0.111. The fraction of sp³-hybridized carbons (Fsp3) is 0.176. The molecule has 0 aromatic heterocycles. The number of thioether (sulfide) groups is 1. The Morgan fingerprint density at radius 3 is 2.88 bits per heavy atom. The van der Waals surface area contributed by atoms with E-state index in [1.165, 1.54) is 17.8 Å². The van der Waals surface area contributed by atoms with E-state index in [0.717, 1.165) is 4.47 Å². The average molecular weight is 428 g/mol. The molecule has 1 aliphatic rings. The molecule has 0 bridgehead atoms. The maximum Gasteiger partial charge on any atom is 0.259 e. The van der Waals surface area contributed by atoms with Crippen LogP contribution in [0.3, 0.4) is 0 Å². The Morgan fingerprint density at radius 2 is 2.12 bits per heavy atom. The van der Waals surface area contributed by atoms with Crippen molar-refractivity contribution < 1.29 is 9.18 Å². The van der Waals surface area contributed by atoms with Crippen molar-refractivity contribution in [2.24, 2.45) is 4.99 Å². The first-order valence-corrected chi connectivity index (χ1v) is 9.39. The molecule has 1 heterocycles. The van der Waals surface area contributed by atoms with Crippen LogP contribution in [0.5, 0.6) is 0 Å². The third kappa shape index (κ3) is 3.82. The molecule has 0 atom stereocenters. The molecule has 3 rings (SSSR count). The highest BCUT2D eigenvalue weighted by atomic mass is 79.9. The Labute approximate surface area is 157 Å². The molecule has 0 radical (unpaired) electrons. The van der Waals surface area contributed by atoms with Crippen LogP contribution in [0.15, 0.2) is 51.9 Å². The molecular formula is C17H13BrClFN2OS. The van der Waals surface area contributed by atoms with Crippen molar-refractivity contribution in [2.45, 2.75) is 5.75 Å². The predicted octanol–water partition coefficient (Wildman–Crippen LogP) is 4.99. The molecule has 2 aromatic rings. The molecular weight excluding hydrogens is 415 g/mol. The van der Waals surface area contributed by atoms with Crippen LogP contribution in [0.25, 0.3) is 0 Å². The Kier molecular flexibility index (Phi) is 5.58. The van der Waals surface area contributed by atoms with Gasteiger partial charge in [0.1, 0.15) is 5.82 Å². The van der Waals surface area contributed by atoms with Crippen LogP contribution in [0.1, 0.15) is 15.9 Å². The molecule has 0 aliphatic carbocycles. The first-order valence-electron chi connectivity index (χ1n) is 7.24. The smallest absolute Gasteiger partial charge is 0.259 e. The summed E-state index contributed by atoms with van der Waals surface area (Å²) in [7, 11) is 0. The summed E-state index contributed by atoms with van der Waals surface area (Å²) in [5.41, 5.74) is 1.01. The lowest BCUT2D eigenvalue weighted by Gasteiger charge is -2.18. The summed E-state index contributed by atoms with van der Waals surface area (Å²) in [4.78, 5) is 18.7. The number of hydrogen-bond donors (Lipinski definition) is 0. The molecule has 0 spiro atoms. The van der Waals surface area contributed by atoms with E-state index in [2.05, 4.69) is 20.9 Å². The van der Waals surface area contributed by atoms with Gasteiger partial charge in [-0.2, -0.15) is 0 Å². The number of carbonyl (C=O) groups is 1. The van der Waals surface area contributed by atoms with E-state index >= 15 is 0 Å². The first-order chi connectivity index (χ1) is 11.6. The van der Waals surface area contributed by atoms with E-state index in [4.69, 9.17) is 11.6 Å². The largest absolute Gasteiger partial charge is 0.286 e. The molecule has 0 fully saturated rings. The van der Waals surface area contributed by atoms with Gasteiger partial charge in [0, 0.05) is 32.9 Å². The van der Waals surface area contributed by atoms with Crippen molar-refractivity contribution in [1.29, 1.82) is 0 Å². The van der Waals surface area contributed by atoms with Gasteiger partial charge >= 0.3 is 0 Å². The van der Waals surface area contributed by atoms with Crippen LogP contribution >= 0.6 is 39.3 Å². The summed E-state index contributed by atoms with van der Waals surface area (Å²) >= 11 is 10.7. The molecule has 0 saturated heterocycles. The van der Waals surface area contributed by atoms with E-state index in [1.807, 2.05) is 12.1 Å². The topological polar surface area (TPSA) is 32.7 Å². The number of benzene rings is 2. The maximum absolute atomic E-state index is 13.9. The molecule has 24 heavy (non-hydrogen) atoms. The van der Waals surface area contributed by atoms with Gasteiger partial charge in [0.05, 0.1) is 6.54 Å². The second-order valence-electron chi connectivity index (χ2n) is 5.12. The quantitative estimate of drug-likeness (QED) is 0.691. The van der Waals surface area contributed by atoms with E-state index in [9.17, 15) is 9.18 Å². The summed E-state index contributed by atoms with van der Waals surface area (Å²) in [6.07, 6.45) is 0. The summed E-state index contributed by atoms with van der Waals surface area (Å²) in [5.74, 6) is -0.134. The SMILES string of the molecule is O=C(c1cccc(Br)c1)N1CCN=C1SCc1c(F)cccc1Cl. The average Bonchev–Trinajstić information content (AvgIpc) is 3.02. The fourth-order valence-corrected chi connectivity index (χ4v) is 4.11. The molecule has 2 aromatic carbocycles. The number of halogens is 3. The molecule has 7 heteroatoms. The van der Waals surface area contributed by atoms with Crippen LogP contribution in [0.4, 0.5) is 4.39 Å². The third-order valence-corrected chi connectivity index (χ3v) is 5.41. The van der Waals surface area contributed by atoms with Crippen molar-refractivity contribution in [3.05, 3.63) is 68.9 Å². The number of carbonyl (C=O) groups excluding carboxylic acids is 1. The summed E-state index contributed by atoms with van der Waals surface area (Å²) in [6, 6.07) is 11.8. The van der Waals surface area contributed by atoms with Crippen molar-refractivity contribution in [2.75, 3.05) is 13.1 Å². The van der Waals surface area contributed by atoms with E-state index in [0.29, 0.717) is 40.2 Å². The number of amides is 1. The van der Waals surface area contributed by atoms with Gasteiger partial charge in [0.15, 0.2) is 5.17 Å². The molecule has 0 N–H and O–H groups in total. The second-order valence-corrected chi connectivity index (χ2v) is 7.39. The lowest BCUT2D eigenvalue weighted by Crippen LogP contribution is -2.32. The zero-order chi connectivity index (χ0) is 17.1. The van der Waals surface area contributed by atoms with Gasteiger partial charge in [-0.1, -0.05) is 51.4 Å². The Morgan fingerprint density at radius 1 is 1.33 bits per heavy atom. The lowest BCUT2D eigenvalue weighted by atomic mass is 10.2. The zero-order valence-corrected chi connectivity index (χ0v) is 15.7. The van der Waals surface area contributed by atoms with Gasteiger partial charge in [0.2, 0.25) is 0 Å². The Hall–Kier alpha value is -1.37. The van der Waals surface area contributed by atoms with Gasteiger partial charge in [-0.25, -0.2) is 4.39 Å². The Balaban J connectivity index is 1.73. The number of rotatable bonds is 3. The molecule has 0 saturated carbocycles. The van der Waals surface area contributed by atoms with Crippen molar-refractivity contribution in [1.82, 2.24) is 4.90 Å². The van der Waals surface area contributed by atoms with Gasteiger partial charge < -0.3 is 0 Å². The molecule has 3 nitrogen and oxygen atoms in total. The highest BCUT2D eigenvalue weighted by Gasteiger charge is 2.25. The number of hydrogen-bond acceptors (Lipinski definition) is 3. The standard InChI is InChI=1S/C17H13BrClFN2OS/c18-12-4-1-3-11(9-12)16(23)22-8-7-21-17(22)24-10-13-14(19)5-2-6-15(13)20/h1-6,9H,7-8,10H2. The van der Waals surface area contributed by atoms with E-state index < -0.39 is 0 Å². The summed E-state index contributed by atoms with van der Waals surface area (Å²) in [5, 5.41) is 0.977. The van der Waals surface area contributed by atoms with Gasteiger partial charge in [0.25, 0.3) is 5.91 Å². The van der Waals surface area contributed by atoms with Crippen molar-refractivity contribution in [3.8, 4) is 0 Å². The van der Waals surface area contributed by atoms with Crippen LogP contribution in [-0.2, 0) is 5.75 Å². The first kappa shape index (κ1) is 17.5. The maximum atomic E-state index is 13.9. The third-order valence-electron chi connectivity index (χ3n) is 3.53. The number of nitrogens with zero attached hydrogens (tertiary/aromatic N) is 2. The van der Waals surface area contributed by atoms with Gasteiger partial charge in [-0.3, -0.25) is 14.7 Å². The van der Waals surface area contributed by atoms with Crippen LogP contribution in [0.2, 0.25) is 5.02 Å². The minimum atomic E-state index is -0.349.